The summed E-state index contributed by atoms with van der Waals surface area (Å²) in [7, 11) is -3.95. The van der Waals surface area contributed by atoms with E-state index in [4.69, 9.17) is 0 Å². The standard InChI is InChI=1S/C22H21FN4O5S/c1-15(28)26-33(31,32)19-10-8-18(9-11-19)24-21(29)3-2-14-27-22(30)13-12-20(25-27)16-4-6-17(23)7-5-16/h4-13H,2-3,14H2,1H3,(H,24,29)(H,26,28). The zero-order chi connectivity index (χ0) is 24.0. The Morgan fingerprint density at radius 1 is 1.00 bits per heavy atom. The number of amides is 2. The summed E-state index contributed by atoms with van der Waals surface area (Å²) in [5, 5.41) is 6.91. The Hall–Kier alpha value is -3.86. The lowest BCUT2D eigenvalue weighted by atomic mass is 10.1. The van der Waals surface area contributed by atoms with E-state index in [1.807, 2.05) is 4.72 Å². The van der Waals surface area contributed by atoms with Gasteiger partial charge < -0.3 is 5.32 Å². The number of aromatic nitrogens is 2. The van der Waals surface area contributed by atoms with Crippen LogP contribution in [0.4, 0.5) is 10.1 Å². The molecule has 0 spiro atoms. The van der Waals surface area contributed by atoms with Crippen LogP contribution >= 0.6 is 0 Å². The molecule has 0 aliphatic carbocycles. The van der Waals surface area contributed by atoms with Crippen LogP contribution in [0.15, 0.2) is 70.4 Å². The van der Waals surface area contributed by atoms with Crippen molar-refractivity contribution in [3.8, 4) is 11.3 Å². The molecule has 0 aliphatic rings. The van der Waals surface area contributed by atoms with Crippen LogP contribution in [0, 0.1) is 5.82 Å². The van der Waals surface area contributed by atoms with Crippen LogP contribution in [0.25, 0.3) is 11.3 Å². The second kappa shape index (κ2) is 10.2. The van der Waals surface area contributed by atoms with Gasteiger partial charge in [-0.05, 0) is 61.0 Å². The number of halogens is 1. The number of nitrogens with zero attached hydrogens (tertiary/aromatic N) is 2. The highest BCUT2D eigenvalue weighted by atomic mass is 32.2. The smallest absolute Gasteiger partial charge is 0.266 e. The summed E-state index contributed by atoms with van der Waals surface area (Å²) in [6, 6.07) is 14.0. The number of carbonyl (C=O) groups is 2. The van der Waals surface area contributed by atoms with Crippen molar-refractivity contribution in [2.75, 3.05) is 5.32 Å². The molecule has 1 heterocycles. The molecule has 172 valence electrons. The molecule has 0 radical (unpaired) electrons. The quantitative estimate of drug-likeness (QED) is 0.518. The van der Waals surface area contributed by atoms with Crippen molar-refractivity contribution >= 4 is 27.5 Å². The van der Waals surface area contributed by atoms with E-state index in [1.165, 1.54) is 47.1 Å². The number of aryl methyl sites for hydroxylation is 1. The fourth-order valence-electron chi connectivity index (χ4n) is 2.96. The highest BCUT2D eigenvalue weighted by Gasteiger charge is 2.15. The molecule has 0 saturated heterocycles. The Kier molecular flexibility index (Phi) is 7.34. The Bertz CT molecular complexity index is 1320. The molecule has 0 bridgehead atoms. The topological polar surface area (TPSA) is 127 Å². The number of anilines is 1. The minimum absolute atomic E-state index is 0.0981. The Labute approximate surface area is 189 Å². The normalized spacial score (nSPS) is 11.1. The minimum Gasteiger partial charge on any atom is -0.326 e. The van der Waals surface area contributed by atoms with E-state index in [2.05, 4.69) is 10.4 Å². The maximum atomic E-state index is 13.1. The lowest BCUT2D eigenvalue weighted by Crippen LogP contribution is -2.28. The molecule has 3 aromatic rings. The number of rotatable bonds is 8. The van der Waals surface area contributed by atoms with Crippen LogP contribution in [-0.2, 0) is 26.2 Å². The SMILES string of the molecule is CC(=O)NS(=O)(=O)c1ccc(NC(=O)CCCn2nc(-c3ccc(F)cc3)ccc2=O)cc1. The molecule has 0 saturated carbocycles. The van der Waals surface area contributed by atoms with Crippen LogP contribution < -0.4 is 15.6 Å². The predicted octanol–water partition coefficient (Wildman–Crippen LogP) is 2.29. The van der Waals surface area contributed by atoms with Crippen molar-refractivity contribution in [3.05, 3.63) is 76.8 Å². The lowest BCUT2D eigenvalue weighted by molar-refractivity contribution is -0.117. The second-order valence-electron chi connectivity index (χ2n) is 7.12. The van der Waals surface area contributed by atoms with E-state index >= 15 is 0 Å². The molecule has 33 heavy (non-hydrogen) atoms. The first kappa shape index (κ1) is 23.8. The highest BCUT2D eigenvalue weighted by Crippen LogP contribution is 2.16. The monoisotopic (exact) mass is 472 g/mol. The van der Waals surface area contributed by atoms with Crippen molar-refractivity contribution in [1.29, 1.82) is 0 Å². The van der Waals surface area contributed by atoms with Crippen LogP contribution in [0.1, 0.15) is 19.8 Å². The summed E-state index contributed by atoms with van der Waals surface area (Å²) in [6.07, 6.45) is 0.432. The van der Waals surface area contributed by atoms with Crippen molar-refractivity contribution in [3.63, 3.8) is 0 Å². The van der Waals surface area contributed by atoms with E-state index < -0.39 is 15.9 Å². The number of benzene rings is 2. The van der Waals surface area contributed by atoms with Gasteiger partial charge in [-0.3, -0.25) is 14.4 Å². The Balaban J connectivity index is 1.56. The molecule has 0 unspecified atom stereocenters. The van der Waals surface area contributed by atoms with Gasteiger partial charge in [-0.25, -0.2) is 22.2 Å². The summed E-state index contributed by atoms with van der Waals surface area (Å²) < 4.78 is 40.1. The van der Waals surface area contributed by atoms with E-state index in [1.54, 1.807) is 18.2 Å². The van der Waals surface area contributed by atoms with Crippen LogP contribution in [-0.4, -0.2) is 30.0 Å². The van der Waals surface area contributed by atoms with Gasteiger partial charge in [0.25, 0.3) is 15.6 Å². The van der Waals surface area contributed by atoms with Crippen molar-refractivity contribution in [2.24, 2.45) is 0 Å². The average molecular weight is 472 g/mol. The van der Waals surface area contributed by atoms with Crippen LogP contribution in [0.2, 0.25) is 0 Å². The average Bonchev–Trinajstić information content (AvgIpc) is 2.75. The van der Waals surface area contributed by atoms with Crippen molar-refractivity contribution < 1.29 is 22.4 Å². The maximum absolute atomic E-state index is 13.1. The van der Waals surface area contributed by atoms with Gasteiger partial charge in [0.15, 0.2) is 0 Å². The highest BCUT2D eigenvalue weighted by molar-refractivity contribution is 7.90. The minimum atomic E-state index is -3.95. The molecule has 1 aromatic heterocycles. The molecule has 0 aliphatic heterocycles. The molecule has 0 fully saturated rings. The van der Waals surface area contributed by atoms with E-state index in [0.29, 0.717) is 23.4 Å². The number of hydrogen-bond acceptors (Lipinski definition) is 6. The third kappa shape index (κ3) is 6.56. The molecule has 0 atom stereocenters. The summed E-state index contributed by atoms with van der Waals surface area (Å²) in [5.41, 5.74) is 1.23. The van der Waals surface area contributed by atoms with Gasteiger partial charge in [-0.2, -0.15) is 5.10 Å². The van der Waals surface area contributed by atoms with Crippen LogP contribution in [0.5, 0.6) is 0 Å². The first-order valence-corrected chi connectivity index (χ1v) is 11.4. The maximum Gasteiger partial charge on any atom is 0.266 e. The second-order valence-corrected chi connectivity index (χ2v) is 8.81. The zero-order valence-corrected chi connectivity index (χ0v) is 18.4. The molecule has 2 amide bonds. The Morgan fingerprint density at radius 3 is 2.30 bits per heavy atom. The summed E-state index contributed by atoms with van der Waals surface area (Å²) >= 11 is 0. The number of carbonyl (C=O) groups excluding carboxylic acids is 2. The molecule has 3 rings (SSSR count). The fourth-order valence-corrected chi connectivity index (χ4v) is 3.95. The first-order chi connectivity index (χ1) is 15.6. The van der Waals surface area contributed by atoms with E-state index in [-0.39, 0.29) is 35.1 Å². The molecular formula is C22H21FN4O5S. The lowest BCUT2D eigenvalue weighted by Gasteiger charge is -2.09. The van der Waals surface area contributed by atoms with Gasteiger partial charge in [0.2, 0.25) is 11.8 Å². The predicted molar refractivity (Wildman–Crippen MR) is 119 cm³/mol. The zero-order valence-electron chi connectivity index (χ0n) is 17.6. The third-order valence-electron chi connectivity index (χ3n) is 4.51. The first-order valence-electron chi connectivity index (χ1n) is 9.91. The van der Waals surface area contributed by atoms with Crippen LogP contribution in [0.3, 0.4) is 0 Å². The summed E-state index contributed by atoms with van der Waals surface area (Å²) in [4.78, 5) is 35.1. The number of sulfonamides is 1. The van der Waals surface area contributed by atoms with Gasteiger partial charge in [0.1, 0.15) is 5.82 Å². The third-order valence-corrected chi connectivity index (χ3v) is 5.96. The van der Waals surface area contributed by atoms with Gasteiger partial charge in [0.05, 0.1) is 10.6 Å². The molecular weight excluding hydrogens is 451 g/mol. The van der Waals surface area contributed by atoms with Gasteiger partial charge >= 0.3 is 0 Å². The van der Waals surface area contributed by atoms with E-state index in [0.717, 1.165) is 6.92 Å². The van der Waals surface area contributed by atoms with Crippen molar-refractivity contribution in [2.45, 2.75) is 31.2 Å². The molecule has 2 aromatic carbocycles. The molecule has 2 N–H and O–H groups in total. The Morgan fingerprint density at radius 2 is 1.67 bits per heavy atom. The summed E-state index contributed by atoms with van der Waals surface area (Å²) in [5.74, 6) is -1.40. The fraction of sp³-hybridized carbons (Fsp3) is 0.182. The largest absolute Gasteiger partial charge is 0.326 e. The number of nitrogens with one attached hydrogen (secondary N) is 2. The molecule has 9 nitrogen and oxygen atoms in total. The van der Waals surface area contributed by atoms with Crippen molar-refractivity contribution in [1.82, 2.24) is 14.5 Å². The van der Waals surface area contributed by atoms with Gasteiger partial charge in [-0.15, -0.1) is 0 Å². The molecule has 11 heteroatoms. The van der Waals surface area contributed by atoms with Gasteiger partial charge in [0, 0.05) is 37.2 Å². The van der Waals surface area contributed by atoms with E-state index in [9.17, 15) is 27.2 Å². The van der Waals surface area contributed by atoms with Gasteiger partial charge in [-0.1, -0.05) is 0 Å². The summed E-state index contributed by atoms with van der Waals surface area (Å²) in [6.45, 7) is 1.30. The number of hydrogen-bond donors (Lipinski definition) is 2.